The van der Waals surface area contributed by atoms with Gasteiger partial charge in [-0.3, -0.25) is 14.5 Å². The SMILES string of the molecule is CC(=O)OC[C@H]1CN(Cc2c[nH]c3c(N)ncnc23)C[C@@H]1OC(C)=O. The molecule has 3 rings (SSSR count). The van der Waals surface area contributed by atoms with Gasteiger partial charge in [0.2, 0.25) is 0 Å². The molecule has 0 amide bonds. The highest BCUT2D eigenvalue weighted by Crippen LogP contribution is 2.26. The third-order valence-corrected chi connectivity index (χ3v) is 4.24. The van der Waals surface area contributed by atoms with Crippen molar-refractivity contribution in [2.24, 2.45) is 5.92 Å². The van der Waals surface area contributed by atoms with Crippen molar-refractivity contribution in [1.82, 2.24) is 19.9 Å². The number of anilines is 1. The van der Waals surface area contributed by atoms with Crippen LogP contribution in [0.15, 0.2) is 12.5 Å². The molecule has 2 aromatic rings. The Balaban J connectivity index is 1.72. The molecule has 134 valence electrons. The zero-order chi connectivity index (χ0) is 18.0. The second-order valence-corrected chi connectivity index (χ2v) is 6.20. The molecular weight excluding hydrogens is 326 g/mol. The van der Waals surface area contributed by atoms with E-state index in [1.807, 2.05) is 6.20 Å². The molecule has 0 aromatic carbocycles. The first kappa shape index (κ1) is 17.2. The summed E-state index contributed by atoms with van der Waals surface area (Å²) in [5, 5.41) is 0. The lowest BCUT2D eigenvalue weighted by Gasteiger charge is -2.17. The highest BCUT2D eigenvalue weighted by Gasteiger charge is 2.36. The second kappa shape index (κ2) is 7.06. The van der Waals surface area contributed by atoms with E-state index >= 15 is 0 Å². The van der Waals surface area contributed by atoms with Crippen LogP contribution in [0.1, 0.15) is 19.4 Å². The third kappa shape index (κ3) is 3.87. The molecule has 9 nitrogen and oxygen atoms in total. The summed E-state index contributed by atoms with van der Waals surface area (Å²) in [4.78, 5) is 35.9. The Morgan fingerprint density at radius 1 is 1.32 bits per heavy atom. The average Bonchev–Trinajstić information content (AvgIpc) is 3.10. The van der Waals surface area contributed by atoms with Crippen molar-refractivity contribution < 1.29 is 19.1 Å². The lowest BCUT2D eigenvalue weighted by Crippen LogP contribution is -2.28. The smallest absolute Gasteiger partial charge is 0.302 e. The van der Waals surface area contributed by atoms with Gasteiger partial charge < -0.3 is 20.2 Å². The maximum atomic E-state index is 11.3. The number of ether oxygens (including phenoxy) is 2. The van der Waals surface area contributed by atoms with Gasteiger partial charge in [0.15, 0.2) is 5.82 Å². The van der Waals surface area contributed by atoms with Gasteiger partial charge in [0, 0.05) is 51.2 Å². The number of esters is 2. The fourth-order valence-electron chi connectivity index (χ4n) is 3.16. The van der Waals surface area contributed by atoms with Crippen molar-refractivity contribution in [2.45, 2.75) is 26.5 Å². The fourth-order valence-corrected chi connectivity index (χ4v) is 3.16. The van der Waals surface area contributed by atoms with Gasteiger partial charge in [-0.2, -0.15) is 0 Å². The minimum atomic E-state index is -0.344. The van der Waals surface area contributed by atoms with Crippen LogP contribution in [0.5, 0.6) is 0 Å². The molecule has 9 heteroatoms. The molecule has 3 N–H and O–H groups in total. The summed E-state index contributed by atoms with van der Waals surface area (Å²) in [6.07, 6.45) is 2.99. The van der Waals surface area contributed by atoms with E-state index in [1.165, 1.54) is 20.2 Å². The molecule has 1 aliphatic rings. The molecule has 3 heterocycles. The minimum absolute atomic E-state index is 0.0577. The second-order valence-electron chi connectivity index (χ2n) is 6.20. The Hall–Kier alpha value is -2.68. The molecule has 25 heavy (non-hydrogen) atoms. The summed E-state index contributed by atoms with van der Waals surface area (Å²) in [6, 6.07) is 0. The standard InChI is InChI=1S/C16H21N5O4/c1-9(22)24-7-12-5-21(6-13(12)25-10(2)23)4-11-3-18-15-14(11)19-8-20-16(15)17/h3,8,12-13,18H,4-7H2,1-2H3,(H2,17,19,20)/t12-,13+/m1/s1. The van der Waals surface area contributed by atoms with E-state index in [0.29, 0.717) is 31.0 Å². The maximum absolute atomic E-state index is 11.3. The largest absolute Gasteiger partial charge is 0.465 e. The van der Waals surface area contributed by atoms with Gasteiger partial charge in [0.1, 0.15) is 17.9 Å². The summed E-state index contributed by atoms with van der Waals surface area (Å²) < 4.78 is 10.5. The predicted molar refractivity (Wildman–Crippen MR) is 89.3 cm³/mol. The van der Waals surface area contributed by atoms with Crippen LogP contribution in [0, 0.1) is 5.92 Å². The maximum Gasteiger partial charge on any atom is 0.302 e. The number of nitrogens with one attached hydrogen (secondary N) is 1. The van der Waals surface area contributed by atoms with Gasteiger partial charge in [0.25, 0.3) is 0 Å². The molecule has 2 atom stereocenters. The number of nitrogen functional groups attached to an aromatic ring is 1. The first-order valence-corrected chi connectivity index (χ1v) is 8.03. The Morgan fingerprint density at radius 3 is 2.84 bits per heavy atom. The van der Waals surface area contributed by atoms with Crippen molar-refractivity contribution >= 4 is 28.8 Å². The van der Waals surface area contributed by atoms with Gasteiger partial charge in [0.05, 0.1) is 12.1 Å². The summed E-state index contributed by atoms with van der Waals surface area (Å²) in [5.74, 6) is -0.336. The van der Waals surface area contributed by atoms with Gasteiger partial charge >= 0.3 is 11.9 Å². The van der Waals surface area contributed by atoms with Crippen LogP contribution in [0.25, 0.3) is 11.0 Å². The van der Waals surface area contributed by atoms with Crippen molar-refractivity contribution in [2.75, 3.05) is 25.4 Å². The number of likely N-dealkylation sites (tertiary alicyclic amines) is 1. The molecule has 1 fully saturated rings. The van der Waals surface area contributed by atoms with Crippen molar-refractivity contribution in [3.8, 4) is 0 Å². The van der Waals surface area contributed by atoms with E-state index in [9.17, 15) is 9.59 Å². The van der Waals surface area contributed by atoms with E-state index in [2.05, 4.69) is 19.9 Å². The highest BCUT2D eigenvalue weighted by atomic mass is 16.6. The Morgan fingerprint density at radius 2 is 2.12 bits per heavy atom. The third-order valence-electron chi connectivity index (χ3n) is 4.24. The number of nitrogens with two attached hydrogens (primary N) is 1. The molecule has 1 aliphatic heterocycles. The van der Waals surface area contributed by atoms with Crippen LogP contribution in [0.4, 0.5) is 5.82 Å². The van der Waals surface area contributed by atoms with Crippen LogP contribution in [-0.4, -0.2) is 57.6 Å². The monoisotopic (exact) mass is 347 g/mol. The number of fused-ring (bicyclic) bond motifs is 1. The van der Waals surface area contributed by atoms with Gasteiger partial charge in [-0.25, -0.2) is 9.97 Å². The normalized spacial score (nSPS) is 20.7. The number of hydrogen-bond acceptors (Lipinski definition) is 8. The van der Waals surface area contributed by atoms with E-state index < -0.39 is 0 Å². The van der Waals surface area contributed by atoms with E-state index in [0.717, 1.165) is 11.1 Å². The van der Waals surface area contributed by atoms with Crippen LogP contribution >= 0.6 is 0 Å². The average molecular weight is 347 g/mol. The zero-order valence-electron chi connectivity index (χ0n) is 14.2. The zero-order valence-corrected chi connectivity index (χ0v) is 14.2. The molecule has 0 aliphatic carbocycles. The summed E-state index contributed by atoms with van der Waals surface area (Å²) in [7, 11) is 0. The number of nitrogens with zero attached hydrogens (tertiary/aromatic N) is 3. The molecule has 0 bridgehead atoms. The fraction of sp³-hybridized carbons (Fsp3) is 0.500. The van der Waals surface area contributed by atoms with Gasteiger partial charge in [-0.05, 0) is 0 Å². The number of hydrogen-bond donors (Lipinski definition) is 2. The quantitative estimate of drug-likeness (QED) is 0.748. The van der Waals surface area contributed by atoms with E-state index in [-0.39, 0.29) is 30.6 Å². The minimum Gasteiger partial charge on any atom is -0.465 e. The topological polar surface area (TPSA) is 123 Å². The Labute approximate surface area is 144 Å². The van der Waals surface area contributed by atoms with Crippen LogP contribution in [0.2, 0.25) is 0 Å². The van der Waals surface area contributed by atoms with Crippen LogP contribution in [0.3, 0.4) is 0 Å². The van der Waals surface area contributed by atoms with E-state index in [1.54, 1.807) is 0 Å². The molecule has 0 spiro atoms. The Bertz CT molecular complexity index is 790. The molecular formula is C16H21N5O4. The van der Waals surface area contributed by atoms with Crippen molar-refractivity contribution in [3.05, 3.63) is 18.1 Å². The van der Waals surface area contributed by atoms with Crippen LogP contribution < -0.4 is 5.73 Å². The predicted octanol–water partition coefficient (Wildman–Crippen LogP) is 0.467. The van der Waals surface area contributed by atoms with Crippen molar-refractivity contribution in [1.29, 1.82) is 0 Å². The van der Waals surface area contributed by atoms with Gasteiger partial charge in [-0.1, -0.05) is 0 Å². The van der Waals surface area contributed by atoms with Gasteiger partial charge in [-0.15, -0.1) is 0 Å². The van der Waals surface area contributed by atoms with Crippen LogP contribution in [-0.2, 0) is 25.6 Å². The number of H-pyrrole nitrogens is 1. The summed E-state index contributed by atoms with van der Waals surface area (Å²) in [5.41, 5.74) is 8.32. The Kier molecular flexibility index (Phi) is 4.84. The number of aromatic nitrogens is 3. The first-order chi connectivity index (χ1) is 11.9. The number of carbonyl (C=O) groups is 2. The summed E-state index contributed by atoms with van der Waals surface area (Å²) in [6.45, 7) is 4.81. The summed E-state index contributed by atoms with van der Waals surface area (Å²) >= 11 is 0. The molecule has 0 radical (unpaired) electrons. The number of carbonyl (C=O) groups excluding carboxylic acids is 2. The highest BCUT2D eigenvalue weighted by molar-refractivity contribution is 5.86. The molecule has 1 saturated heterocycles. The molecule has 0 unspecified atom stereocenters. The van der Waals surface area contributed by atoms with Crippen molar-refractivity contribution in [3.63, 3.8) is 0 Å². The lowest BCUT2D eigenvalue weighted by atomic mass is 10.1. The van der Waals surface area contributed by atoms with E-state index in [4.69, 9.17) is 15.2 Å². The lowest BCUT2D eigenvalue weighted by molar-refractivity contribution is -0.150. The molecule has 0 saturated carbocycles. The molecule has 2 aromatic heterocycles. The number of aromatic amines is 1. The first-order valence-electron chi connectivity index (χ1n) is 8.03. The number of rotatable bonds is 5.